The maximum absolute atomic E-state index is 12.3. The van der Waals surface area contributed by atoms with Gasteiger partial charge in [-0.1, -0.05) is 32.0 Å². The average Bonchev–Trinajstić information content (AvgIpc) is 3.18. The fourth-order valence-electron chi connectivity index (χ4n) is 2.43. The van der Waals surface area contributed by atoms with Crippen molar-refractivity contribution in [1.82, 2.24) is 15.2 Å². The van der Waals surface area contributed by atoms with Crippen LogP contribution in [-0.4, -0.2) is 21.1 Å². The van der Waals surface area contributed by atoms with E-state index in [1.54, 1.807) is 0 Å². The van der Waals surface area contributed by atoms with Gasteiger partial charge >= 0.3 is 0 Å². The number of anilines is 1. The van der Waals surface area contributed by atoms with E-state index in [0.29, 0.717) is 11.8 Å². The second-order valence-corrected chi connectivity index (χ2v) is 5.97. The number of aromatic amines is 1. The highest BCUT2D eigenvalue weighted by molar-refractivity contribution is 6.02. The van der Waals surface area contributed by atoms with Gasteiger partial charge in [0.25, 0.3) is 5.91 Å². The van der Waals surface area contributed by atoms with Crippen molar-refractivity contribution in [3.63, 3.8) is 0 Å². The van der Waals surface area contributed by atoms with Crippen molar-refractivity contribution < 1.29 is 4.79 Å². The van der Waals surface area contributed by atoms with E-state index in [1.807, 2.05) is 25.1 Å². The number of hydrogen-bond donors (Lipinski definition) is 2. The summed E-state index contributed by atoms with van der Waals surface area (Å²) in [5, 5.41) is 9.86. The van der Waals surface area contributed by atoms with E-state index >= 15 is 0 Å². The molecule has 110 valence electrons. The number of benzene rings is 1. The fourth-order valence-corrected chi connectivity index (χ4v) is 2.43. The second-order valence-electron chi connectivity index (χ2n) is 5.97. The topological polar surface area (TPSA) is 70.7 Å². The van der Waals surface area contributed by atoms with E-state index in [2.05, 4.69) is 34.3 Å². The lowest BCUT2D eigenvalue weighted by atomic mass is 9.98. The standard InChI is InChI=1S/C16H20N4O/c1-9(2)12-6-4-5-10(3)13(12)17-16(21)15-18-14(19-20-15)11-7-8-11/h4-6,9,11H,7-8H2,1-3H3,(H,17,21)(H,18,19,20). The number of rotatable bonds is 4. The van der Waals surface area contributed by atoms with Crippen LogP contribution in [0.15, 0.2) is 18.2 Å². The monoisotopic (exact) mass is 284 g/mol. The predicted molar refractivity (Wildman–Crippen MR) is 81.6 cm³/mol. The Morgan fingerprint density at radius 3 is 2.81 bits per heavy atom. The quantitative estimate of drug-likeness (QED) is 0.904. The summed E-state index contributed by atoms with van der Waals surface area (Å²) in [6, 6.07) is 6.05. The molecule has 3 rings (SSSR count). The Kier molecular flexibility index (Phi) is 3.49. The van der Waals surface area contributed by atoms with Gasteiger partial charge in [-0.05, 0) is 36.8 Å². The minimum absolute atomic E-state index is 0.217. The lowest BCUT2D eigenvalue weighted by molar-refractivity contribution is 0.101. The molecule has 21 heavy (non-hydrogen) atoms. The van der Waals surface area contributed by atoms with Crippen LogP contribution in [0, 0.1) is 6.92 Å². The third kappa shape index (κ3) is 2.82. The molecule has 1 aromatic carbocycles. The van der Waals surface area contributed by atoms with Gasteiger partial charge in [0.05, 0.1) is 0 Å². The Morgan fingerprint density at radius 1 is 1.38 bits per heavy atom. The molecule has 0 atom stereocenters. The van der Waals surface area contributed by atoms with Crippen LogP contribution in [0.25, 0.3) is 0 Å². The molecule has 2 N–H and O–H groups in total. The van der Waals surface area contributed by atoms with Gasteiger partial charge in [0.1, 0.15) is 5.82 Å². The summed E-state index contributed by atoms with van der Waals surface area (Å²) in [7, 11) is 0. The normalized spacial score (nSPS) is 14.5. The van der Waals surface area contributed by atoms with Crippen molar-refractivity contribution in [3.8, 4) is 0 Å². The molecule has 0 saturated heterocycles. The lowest BCUT2D eigenvalue weighted by Crippen LogP contribution is -2.16. The Labute approximate surface area is 124 Å². The summed E-state index contributed by atoms with van der Waals surface area (Å²) in [6.07, 6.45) is 2.26. The summed E-state index contributed by atoms with van der Waals surface area (Å²) in [4.78, 5) is 16.6. The van der Waals surface area contributed by atoms with Crippen molar-refractivity contribution in [2.24, 2.45) is 0 Å². The first-order valence-corrected chi connectivity index (χ1v) is 7.39. The maximum Gasteiger partial charge on any atom is 0.295 e. The average molecular weight is 284 g/mol. The number of nitrogens with one attached hydrogen (secondary N) is 2. The van der Waals surface area contributed by atoms with Crippen LogP contribution in [0.1, 0.15) is 66.1 Å². The van der Waals surface area contributed by atoms with E-state index < -0.39 is 0 Å². The number of hydrogen-bond acceptors (Lipinski definition) is 3. The highest BCUT2D eigenvalue weighted by atomic mass is 16.2. The van der Waals surface area contributed by atoms with Gasteiger partial charge in [-0.2, -0.15) is 0 Å². The number of nitrogens with zero attached hydrogens (tertiary/aromatic N) is 2. The van der Waals surface area contributed by atoms with E-state index in [-0.39, 0.29) is 11.7 Å². The molecule has 0 radical (unpaired) electrons. The van der Waals surface area contributed by atoms with Crippen LogP contribution >= 0.6 is 0 Å². The molecule has 5 nitrogen and oxygen atoms in total. The molecule has 2 aromatic rings. The van der Waals surface area contributed by atoms with Gasteiger partial charge < -0.3 is 5.32 Å². The molecule has 1 aliphatic rings. The number of para-hydroxylation sites is 1. The van der Waals surface area contributed by atoms with Gasteiger partial charge in [0.15, 0.2) is 0 Å². The number of aromatic nitrogens is 3. The molecule has 1 heterocycles. The lowest BCUT2D eigenvalue weighted by Gasteiger charge is -2.15. The van der Waals surface area contributed by atoms with Crippen LogP contribution in [0.5, 0.6) is 0 Å². The Morgan fingerprint density at radius 2 is 2.14 bits per heavy atom. The molecule has 0 unspecified atom stereocenters. The summed E-state index contributed by atoms with van der Waals surface area (Å²) in [5.41, 5.74) is 3.05. The zero-order valence-corrected chi connectivity index (χ0v) is 12.6. The number of H-pyrrole nitrogens is 1. The third-order valence-corrected chi connectivity index (χ3v) is 3.84. The fraction of sp³-hybridized carbons (Fsp3) is 0.438. The van der Waals surface area contributed by atoms with Crippen molar-refractivity contribution in [2.45, 2.75) is 45.4 Å². The zero-order chi connectivity index (χ0) is 15.0. The van der Waals surface area contributed by atoms with Crippen molar-refractivity contribution >= 4 is 11.6 Å². The summed E-state index contributed by atoms with van der Waals surface area (Å²) in [5.74, 6) is 1.59. The molecule has 1 aromatic heterocycles. The van der Waals surface area contributed by atoms with Gasteiger partial charge in [-0.25, -0.2) is 4.98 Å². The minimum atomic E-state index is -0.255. The molecule has 1 aliphatic carbocycles. The first-order valence-electron chi connectivity index (χ1n) is 7.39. The van der Waals surface area contributed by atoms with E-state index in [9.17, 15) is 4.79 Å². The van der Waals surface area contributed by atoms with Crippen LogP contribution in [0.3, 0.4) is 0 Å². The van der Waals surface area contributed by atoms with E-state index in [1.165, 1.54) is 0 Å². The SMILES string of the molecule is Cc1cccc(C(C)C)c1NC(=O)c1n[nH]c(C2CC2)n1. The molecule has 1 saturated carbocycles. The first kappa shape index (κ1) is 13.8. The summed E-state index contributed by atoms with van der Waals surface area (Å²) in [6.45, 7) is 6.22. The van der Waals surface area contributed by atoms with E-state index in [4.69, 9.17) is 0 Å². The van der Waals surface area contributed by atoms with Crippen molar-refractivity contribution in [3.05, 3.63) is 41.0 Å². The predicted octanol–water partition coefficient (Wildman–Crippen LogP) is 3.37. The second kappa shape index (κ2) is 5.31. The molecule has 0 aliphatic heterocycles. The smallest absolute Gasteiger partial charge is 0.295 e. The molecule has 1 amide bonds. The van der Waals surface area contributed by atoms with E-state index in [0.717, 1.165) is 35.5 Å². The van der Waals surface area contributed by atoms with Crippen LogP contribution in [0.4, 0.5) is 5.69 Å². The Balaban J connectivity index is 1.83. The number of carbonyl (C=O) groups is 1. The van der Waals surface area contributed by atoms with Crippen LogP contribution in [0.2, 0.25) is 0 Å². The Hall–Kier alpha value is -2.17. The molecule has 5 heteroatoms. The summed E-state index contributed by atoms with van der Waals surface area (Å²) < 4.78 is 0. The van der Waals surface area contributed by atoms with Crippen LogP contribution < -0.4 is 5.32 Å². The Bertz CT molecular complexity index is 671. The third-order valence-electron chi connectivity index (χ3n) is 3.84. The molecular weight excluding hydrogens is 264 g/mol. The summed E-state index contributed by atoms with van der Waals surface area (Å²) >= 11 is 0. The molecule has 1 fully saturated rings. The molecule has 0 bridgehead atoms. The van der Waals surface area contributed by atoms with Crippen molar-refractivity contribution in [2.75, 3.05) is 5.32 Å². The van der Waals surface area contributed by atoms with Gasteiger partial charge in [0.2, 0.25) is 5.82 Å². The minimum Gasteiger partial charge on any atom is -0.319 e. The van der Waals surface area contributed by atoms with Gasteiger partial charge in [-0.15, -0.1) is 5.10 Å². The number of carbonyl (C=O) groups excluding carboxylic acids is 1. The first-order chi connectivity index (χ1) is 10.1. The number of amides is 1. The highest BCUT2D eigenvalue weighted by Gasteiger charge is 2.28. The van der Waals surface area contributed by atoms with Gasteiger partial charge in [0, 0.05) is 11.6 Å². The van der Waals surface area contributed by atoms with Gasteiger partial charge in [-0.3, -0.25) is 9.89 Å². The van der Waals surface area contributed by atoms with Crippen molar-refractivity contribution in [1.29, 1.82) is 0 Å². The molecular formula is C16H20N4O. The highest BCUT2D eigenvalue weighted by Crippen LogP contribution is 2.37. The molecule has 0 spiro atoms. The number of aryl methyl sites for hydroxylation is 1. The van der Waals surface area contributed by atoms with Crippen LogP contribution in [-0.2, 0) is 0 Å². The zero-order valence-electron chi connectivity index (χ0n) is 12.6. The largest absolute Gasteiger partial charge is 0.319 e. The maximum atomic E-state index is 12.3.